The van der Waals surface area contributed by atoms with E-state index in [2.05, 4.69) is 28.9 Å². The summed E-state index contributed by atoms with van der Waals surface area (Å²) in [7, 11) is 0. The summed E-state index contributed by atoms with van der Waals surface area (Å²) >= 11 is 1.45. The molecule has 1 aromatic heterocycles. The van der Waals surface area contributed by atoms with Gasteiger partial charge in [0.2, 0.25) is 0 Å². The third-order valence-corrected chi connectivity index (χ3v) is 5.27. The Morgan fingerprint density at radius 1 is 1.12 bits per heavy atom. The Hall–Kier alpha value is -2.27. The van der Waals surface area contributed by atoms with Gasteiger partial charge in [-0.05, 0) is 43.7 Å². The largest absolute Gasteiger partial charge is 0.457 e. The molecule has 0 radical (unpaired) electrons. The Balaban J connectivity index is 1.52. The molecule has 0 aliphatic carbocycles. The van der Waals surface area contributed by atoms with Gasteiger partial charge in [0, 0.05) is 24.7 Å². The van der Waals surface area contributed by atoms with Crippen LogP contribution >= 0.6 is 11.8 Å². The van der Waals surface area contributed by atoms with E-state index in [4.69, 9.17) is 4.42 Å². The van der Waals surface area contributed by atoms with Crippen LogP contribution in [-0.2, 0) is 4.79 Å². The van der Waals surface area contributed by atoms with Crippen molar-refractivity contribution in [2.45, 2.75) is 19.8 Å². The van der Waals surface area contributed by atoms with Gasteiger partial charge in [0.15, 0.2) is 5.17 Å². The molecule has 3 heterocycles. The van der Waals surface area contributed by atoms with Crippen LogP contribution in [0.15, 0.2) is 50.7 Å². The monoisotopic (exact) mass is 338 g/mol. The average molecular weight is 338 g/mol. The molecule has 24 heavy (non-hydrogen) atoms. The smallest absolute Gasteiger partial charge is 0.286 e. The lowest BCUT2D eigenvalue weighted by Crippen LogP contribution is -2.23. The van der Waals surface area contributed by atoms with Crippen molar-refractivity contribution in [1.82, 2.24) is 4.90 Å². The predicted octanol–water partition coefficient (Wildman–Crippen LogP) is 4.32. The van der Waals surface area contributed by atoms with Crippen molar-refractivity contribution in [1.29, 1.82) is 0 Å². The van der Waals surface area contributed by atoms with Gasteiger partial charge >= 0.3 is 0 Å². The lowest BCUT2D eigenvalue weighted by Gasteiger charge is -2.14. The summed E-state index contributed by atoms with van der Waals surface area (Å²) in [6.45, 7) is 4.04. The van der Waals surface area contributed by atoms with Crippen molar-refractivity contribution in [3.8, 4) is 11.3 Å². The van der Waals surface area contributed by atoms with E-state index in [-0.39, 0.29) is 5.91 Å². The first kappa shape index (κ1) is 15.3. The molecular weight excluding hydrogens is 320 g/mol. The molecule has 2 aliphatic heterocycles. The van der Waals surface area contributed by atoms with E-state index in [1.54, 1.807) is 6.08 Å². The Labute approximate surface area is 145 Å². The van der Waals surface area contributed by atoms with Crippen LogP contribution in [0.3, 0.4) is 0 Å². The number of carbonyl (C=O) groups excluding carboxylic acids is 1. The number of hydrogen-bond acceptors (Lipinski definition) is 4. The highest BCUT2D eigenvalue weighted by atomic mass is 32.2. The molecule has 1 aromatic carbocycles. The van der Waals surface area contributed by atoms with Crippen LogP contribution in [0.5, 0.6) is 0 Å². The molecule has 2 aliphatic rings. The topological polar surface area (TPSA) is 45.8 Å². The lowest BCUT2D eigenvalue weighted by molar-refractivity contribution is -0.113. The number of thioether (sulfide) groups is 1. The number of amidine groups is 1. The summed E-state index contributed by atoms with van der Waals surface area (Å²) in [5.74, 6) is 1.31. The number of aryl methyl sites for hydroxylation is 1. The van der Waals surface area contributed by atoms with Gasteiger partial charge in [0.1, 0.15) is 11.5 Å². The zero-order valence-corrected chi connectivity index (χ0v) is 14.3. The second-order valence-electron chi connectivity index (χ2n) is 6.07. The first-order valence-corrected chi connectivity index (χ1v) is 8.95. The van der Waals surface area contributed by atoms with Crippen LogP contribution < -0.4 is 0 Å². The molecule has 5 heteroatoms. The summed E-state index contributed by atoms with van der Waals surface area (Å²) in [6.07, 6.45) is 4.13. The van der Waals surface area contributed by atoms with E-state index >= 15 is 0 Å². The molecule has 0 saturated carbocycles. The van der Waals surface area contributed by atoms with E-state index < -0.39 is 0 Å². The molecule has 1 amide bonds. The minimum absolute atomic E-state index is 0.171. The lowest BCUT2D eigenvalue weighted by atomic mass is 10.1. The van der Waals surface area contributed by atoms with Gasteiger partial charge in [-0.2, -0.15) is 4.99 Å². The van der Waals surface area contributed by atoms with E-state index in [0.29, 0.717) is 10.7 Å². The summed E-state index contributed by atoms with van der Waals surface area (Å²) < 4.78 is 5.87. The number of amides is 1. The fourth-order valence-electron chi connectivity index (χ4n) is 2.87. The number of rotatable bonds is 2. The number of carbonyl (C=O) groups is 1. The number of benzene rings is 1. The van der Waals surface area contributed by atoms with Crippen LogP contribution in [0, 0.1) is 6.92 Å². The Morgan fingerprint density at radius 2 is 1.88 bits per heavy atom. The van der Waals surface area contributed by atoms with Gasteiger partial charge in [0.05, 0.1) is 4.91 Å². The molecule has 0 unspecified atom stereocenters. The van der Waals surface area contributed by atoms with Gasteiger partial charge in [0.25, 0.3) is 5.91 Å². The van der Waals surface area contributed by atoms with E-state index in [1.807, 2.05) is 24.3 Å². The maximum Gasteiger partial charge on any atom is 0.286 e. The second-order valence-corrected chi connectivity index (χ2v) is 7.08. The van der Waals surface area contributed by atoms with Gasteiger partial charge in [-0.3, -0.25) is 4.79 Å². The fourth-order valence-corrected chi connectivity index (χ4v) is 3.82. The van der Waals surface area contributed by atoms with Crippen molar-refractivity contribution < 1.29 is 9.21 Å². The van der Waals surface area contributed by atoms with Gasteiger partial charge in [-0.1, -0.05) is 29.8 Å². The number of furan rings is 1. The zero-order chi connectivity index (χ0) is 16.5. The molecule has 1 fully saturated rings. The summed E-state index contributed by atoms with van der Waals surface area (Å²) in [4.78, 5) is 19.1. The van der Waals surface area contributed by atoms with E-state index in [1.165, 1.54) is 30.2 Å². The Morgan fingerprint density at radius 3 is 2.62 bits per heavy atom. The fraction of sp³-hybridized carbons (Fsp3) is 0.263. The number of nitrogens with zero attached hydrogens (tertiary/aromatic N) is 2. The van der Waals surface area contributed by atoms with Crippen molar-refractivity contribution in [2.24, 2.45) is 4.99 Å². The number of likely N-dealkylation sites (tertiary alicyclic amines) is 1. The maximum atomic E-state index is 12.1. The maximum absolute atomic E-state index is 12.1. The van der Waals surface area contributed by atoms with Gasteiger partial charge < -0.3 is 9.32 Å². The van der Waals surface area contributed by atoms with Crippen molar-refractivity contribution >= 4 is 28.9 Å². The van der Waals surface area contributed by atoms with Gasteiger partial charge in [-0.15, -0.1) is 0 Å². The third-order valence-electron chi connectivity index (χ3n) is 4.22. The number of hydrogen-bond donors (Lipinski definition) is 0. The quantitative estimate of drug-likeness (QED) is 0.765. The first-order chi connectivity index (χ1) is 11.7. The summed E-state index contributed by atoms with van der Waals surface area (Å²) in [5.41, 5.74) is 2.25. The molecule has 0 atom stereocenters. The van der Waals surface area contributed by atoms with Crippen LogP contribution in [0.1, 0.15) is 24.2 Å². The highest BCUT2D eigenvalue weighted by Gasteiger charge is 2.27. The standard InChI is InChI=1S/C19H18N2O2S/c1-13-4-6-14(7-5-13)16-9-8-15(23-16)12-17-18(22)20-19(24-17)21-10-2-3-11-21/h4-9,12H,2-3,10-11H2,1H3/b17-12+. The second kappa shape index (κ2) is 6.32. The molecule has 0 spiro atoms. The molecule has 0 bridgehead atoms. The SMILES string of the molecule is Cc1ccc(-c2ccc(/C=C3/SC(N4CCCC4)=NC3=O)o2)cc1. The predicted molar refractivity (Wildman–Crippen MR) is 97.7 cm³/mol. The normalized spacial score (nSPS) is 19.4. The molecule has 4 rings (SSSR count). The highest BCUT2D eigenvalue weighted by Crippen LogP contribution is 2.32. The van der Waals surface area contributed by atoms with E-state index in [9.17, 15) is 4.79 Å². The zero-order valence-electron chi connectivity index (χ0n) is 13.5. The molecule has 1 saturated heterocycles. The molecule has 2 aromatic rings. The Kier molecular flexibility index (Phi) is 4.02. The van der Waals surface area contributed by atoms with Crippen LogP contribution in [-0.4, -0.2) is 29.1 Å². The summed E-state index contributed by atoms with van der Waals surface area (Å²) in [5, 5.41) is 0.828. The van der Waals surface area contributed by atoms with Crippen LogP contribution in [0.2, 0.25) is 0 Å². The first-order valence-electron chi connectivity index (χ1n) is 8.13. The van der Waals surface area contributed by atoms with Crippen LogP contribution in [0.4, 0.5) is 0 Å². The molecule has 122 valence electrons. The Bertz CT molecular complexity index is 827. The summed E-state index contributed by atoms with van der Waals surface area (Å²) in [6, 6.07) is 12.0. The number of aliphatic imine (C=N–C) groups is 1. The van der Waals surface area contributed by atoms with E-state index in [0.717, 1.165) is 29.6 Å². The van der Waals surface area contributed by atoms with Crippen LogP contribution in [0.25, 0.3) is 17.4 Å². The van der Waals surface area contributed by atoms with Crippen molar-refractivity contribution in [3.05, 3.63) is 52.6 Å². The molecule has 4 nitrogen and oxygen atoms in total. The molecular formula is C19H18N2O2S. The molecule has 0 N–H and O–H groups in total. The minimum atomic E-state index is -0.171. The van der Waals surface area contributed by atoms with Crippen molar-refractivity contribution in [2.75, 3.05) is 13.1 Å². The van der Waals surface area contributed by atoms with Gasteiger partial charge in [-0.25, -0.2) is 0 Å². The average Bonchev–Trinajstić information content (AvgIpc) is 3.31. The third kappa shape index (κ3) is 3.04. The highest BCUT2D eigenvalue weighted by molar-refractivity contribution is 8.18. The van der Waals surface area contributed by atoms with Crippen molar-refractivity contribution in [3.63, 3.8) is 0 Å². The minimum Gasteiger partial charge on any atom is -0.457 e.